The van der Waals surface area contributed by atoms with Gasteiger partial charge in [-0.2, -0.15) is 9.90 Å². The van der Waals surface area contributed by atoms with Crippen LogP contribution in [0.15, 0.2) is 0 Å². The Labute approximate surface area is 74.5 Å². The molecule has 0 heterocycles. The molecule has 1 N–H and O–H groups in total. The summed E-state index contributed by atoms with van der Waals surface area (Å²) in [4.78, 5) is 20.1. The van der Waals surface area contributed by atoms with Gasteiger partial charge in [0.2, 0.25) is 5.91 Å². The van der Waals surface area contributed by atoms with Gasteiger partial charge in [-0.25, -0.2) is 0 Å². The molecule has 0 aromatic rings. The monoisotopic (exact) mass is 192 g/mol. The Bertz CT molecular complexity index is 144. The maximum absolute atomic E-state index is 10.3. The summed E-state index contributed by atoms with van der Waals surface area (Å²) in [6.45, 7) is 1.93. The molecule has 1 amide bonds. The molecular weight excluding hydrogens is 182 g/mol. The Morgan fingerprint density at radius 2 is 2.17 bits per heavy atom. The van der Waals surface area contributed by atoms with Crippen molar-refractivity contribution in [2.45, 2.75) is 6.92 Å². The van der Waals surface area contributed by atoms with Crippen molar-refractivity contribution in [3.05, 3.63) is 0 Å². The second-order valence-electron chi connectivity index (χ2n) is 1.90. The molecule has 12 heavy (non-hydrogen) atoms. The molecule has 0 aromatic heterocycles. The molecule has 0 fully saturated rings. The van der Waals surface area contributed by atoms with Crippen LogP contribution in [0.4, 0.5) is 4.79 Å². The van der Waals surface area contributed by atoms with Crippen LogP contribution in [0.2, 0.25) is 0 Å². The average Bonchev–Trinajstić information content (AvgIpc) is 1.95. The van der Waals surface area contributed by atoms with Crippen molar-refractivity contribution in [1.82, 2.24) is 5.32 Å². The summed E-state index contributed by atoms with van der Waals surface area (Å²) >= 11 is 1.27. The van der Waals surface area contributed by atoms with E-state index in [4.69, 9.17) is 0 Å². The van der Waals surface area contributed by atoms with E-state index in [1.807, 2.05) is 0 Å². The fraction of sp³-hybridized carbons (Fsp3) is 0.667. The highest BCUT2D eigenvalue weighted by atomic mass is 32.2. The summed E-state index contributed by atoms with van der Waals surface area (Å²) in [5.74, 6) is 0.561. The van der Waals surface area contributed by atoms with Gasteiger partial charge in [0.05, 0.1) is 0 Å². The van der Waals surface area contributed by atoms with Gasteiger partial charge in [0.25, 0.3) is 0 Å². The predicted octanol–water partition coefficient (Wildman–Crippen LogP) is 0.380. The van der Waals surface area contributed by atoms with Gasteiger partial charge in [0.1, 0.15) is 5.94 Å². The van der Waals surface area contributed by atoms with Crippen LogP contribution in [-0.2, 0) is 14.6 Å². The van der Waals surface area contributed by atoms with Crippen LogP contribution in [-0.4, -0.2) is 30.3 Å². The van der Waals surface area contributed by atoms with E-state index in [0.717, 1.165) is 0 Å². The Morgan fingerprint density at radius 3 is 2.67 bits per heavy atom. The second kappa shape index (κ2) is 6.78. The maximum Gasteiger partial charge on any atom is 0.550 e. The molecule has 69 valence electrons. The lowest BCUT2D eigenvalue weighted by Crippen LogP contribution is -2.22. The molecule has 0 aliphatic carbocycles. The number of carbonyl (C=O) groups excluding carboxylic acids is 2. The normalized spacial score (nSPS) is 9.08. The summed E-state index contributed by atoms with van der Waals surface area (Å²) in [6.07, 6.45) is -1.53. The molecule has 0 rings (SSSR count). The zero-order valence-corrected chi connectivity index (χ0v) is 7.48. The van der Waals surface area contributed by atoms with Crippen LogP contribution in [0.3, 0.4) is 0 Å². The van der Waals surface area contributed by atoms with Crippen molar-refractivity contribution >= 4 is 23.8 Å². The Kier molecular flexibility index (Phi) is 6.26. The van der Waals surface area contributed by atoms with Crippen LogP contribution in [0, 0.1) is 0 Å². The number of hydrogen-bond donors (Lipinski definition) is 1. The lowest BCUT2D eigenvalue weighted by Gasteiger charge is -2.00. The van der Waals surface area contributed by atoms with Gasteiger partial charge in [-0.15, -0.1) is 11.8 Å². The van der Waals surface area contributed by atoms with Crippen LogP contribution >= 0.6 is 11.8 Å². The van der Waals surface area contributed by atoms with E-state index in [9.17, 15) is 14.7 Å². The lowest BCUT2D eigenvalue weighted by atomic mass is 10.6. The van der Waals surface area contributed by atoms with Crippen molar-refractivity contribution in [3.8, 4) is 0 Å². The van der Waals surface area contributed by atoms with Gasteiger partial charge in [-0.05, 0) is 0 Å². The molecule has 6 heteroatoms. The summed E-state index contributed by atoms with van der Waals surface area (Å²) in [6, 6.07) is 0. The summed E-state index contributed by atoms with van der Waals surface area (Å²) in [5.41, 5.74) is 0. The summed E-state index contributed by atoms with van der Waals surface area (Å²) in [7, 11) is 0. The Morgan fingerprint density at radius 1 is 1.50 bits per heavy atom. The summed E-state index contributed by atoms with van der Waals surface area (Å²) < 4.78 is 4.10. The molecule has 1 radical (unpaired) electrons. The molecule has 0 aromatic carbocycles. The van der Waals surface area contributed by atoms with Gasteiger partial charge in [0, 0.05) is 19.2 Å². The molecule has 0 aliphatic heterocycles. The van der Waals surface area contributed by atoms with Gasteiger partial charge in [-0.3, -0.25) is 4.79 Å². The SMILES string of the molecule is CC(=O)NCCSCOC([O])=O. The maximum atomic E-state index is 10.3. The average molecular weight is 192 g/mol. The third kappa shape index (κ3) is 9.09. The van der Waals surface area contributed by atoms with Crippen molar-refractivity contribution in [3.63, 3.8) is 0 Å². The highest BCUT2D eigenvalue weighted by Gasteiger charge is 1.97. The number of rotatable bonds is 5. The van der Waals surface area contributed by atoms with Gasteiger partial charge >= 0.3 is 6.16 Å². The first kappa shape index (κ1) is 11.1. The standard InChI is InChI=1S/C6H10NO4S/c1-5(8)7-2-3-12-4-11-6(9)10/h2-4H2,1H3,(H,7,8). The molecule has 5 nitrogen and oxygen atoms in total. The number of thioether (sulfide) groups is 1. The van der Waals surface area contributed by atoms with Crippen molar-refractivity contribution < 1.29 is 19.4 Å². The first-order chi connectivity index (χ1) is 5.63. The number of nitrogens with one attached hydrogen (secondary N) is 1. The minimum Gasteiger partial charge on any atom is -0.421 e. The van der Waals surface area contributed by atoms with E-state index >= 15 is 0 Å². The fourth-order valence-electron chi connectivity index (χ4n) is 0.448. The van der Waals surface area contributed by atoms with E-state index in [2.05, 4.69) is 10.1 Å². The first-order valence-corrected chi connectivity index (χ1v) is 4.44. The minimum atomic E-state index is -1.53. The van der Waals surface area contributed by atoms with Crippen LogP contribution < -0.4 is 5.32 Å². The zero-order chi connectivity index (χ0) is 9.40. The summed E-state index contributed by atoms with van der Waals surface area (Å²) in [5, 5.41) is 12.3. The van der Waals surface area contributed by atoms with E-state index in [1.54, 1.807) is 0 Å². The Balaban J connectivity index is 3.01. The van der Waals surface area contributed by atoms with E-state index < -0.39 is 6.16 Å². The van der Waals surface area contributed by atoms with Crippen molar-refractivity contribution in [2.75, 3.05) is 18.2 Å². The van der Waals surface area contributed by atoms with Gasteiger partial charge < -0.3 is 10.1 Å². The molecular formula is C6H10NO4S. The largest absolute Gasteiger partial charge is 0.550 e. The number of hydrogen-bond acceptors (Lipinski definition) is 4. The molecule has 0 atom stereocenters. The molecule has 0 bridgehead atoms. The van der Waals surface area contributed by atoms with Crippen molar-refractivity contribution in [1.29, 1.82) is 0 Å². The smallest absolute Gasteiger partial charge is 0.421 e. The second-order valence-corrected chi connectivity index (χ2v) is 2.96. The number of ether oxygens (including phenoxy) is 1. The highest BCUT2D eigenvalue weighted by molar-refractivity contribution is 7.99. The first-order valence-electron chi connectivity index (χ1n) is 3.29. The van der Waals surface area contributed by atoms with E-state index in [0.29, 0.717) is 12.3 Å². The fourth-order valence-corrected chi connectivity index (χ4v) is 0.992. The zero-order valence-electron chi connectivity index (χ0n) is 6.66. The van der Waals surface area contributed by atoms with E-state index in [1.165, 1.54) is 18.7 Å². The quantitative estimate of drug-likeness (QED) is 0.388. The van der Waals surface area contributed by atoms with Crippen molar-refractivity contribution in [2.24, 2.45) is 0 Å². The van der Waals surface area contributed by atoms with Crippen LogP contribution in [0.5, 0.6) is 0 Å². The van der Waals surface area contributed by atoms with Crippen LogP contribution in [0.25, 0.3) is 0 Å². The van der Waals surface area contributed by atoms with Gasteiger partial charge in [0.15, 0.2) is 0 Å². The minimum absolute atomic E-state index is 0.0436. The van der Waals surface area contributed by atoms with E-state index in [-0.39, 0.29) is 11.8 Å². The van der Waals surface area contributed by atoms with Crippen LogP contribution in [0.1, 0.15) is 6.92 Å². The molecule has 0 saturated heterocycles. The number of carbonyl (C=O) groups is 2. The lowest BCUT2D eigenvalue weighted by molar-refractivity contribution is -0.118. The topological polar surface area (TPSA) is 75.3 Å². The molecule has 0 saturated carbocycles. The molecule has 0 unspecified atom stereocenters. The molecule has 0 spiro atoms. The van der Waals surface area contributed by atoms with Gasteiger partial charge in [-0.1, -0.05) is 0 Å². The predicted molar refractivity (Wildman–Crippen MR) is 43.2 cm³/mol. The third-order valence-corrected chi connectivity index (χ3v) is 1.66. The third-order valence-electron chi connectivity index (χ3n) is 0.880. The highest BCUT2D eigenvalue weighted by Crippen LogP contribution is 1.98. The molecule has 0 aliphatic rings. The number of amides is 1. The Hall–Kier alpha value is -0.910.